The number of aryl methyl sites for hydroxylation is 1. The van der Waals surface area contributed by atoms with Crippen LogP contribution in [-0.2, 0) is 24.2 Å². The van der Waals surface area contributed by atoms with Crippen molar-refractivity contribution in [3.8, 4) is 5.75 Å². The number of nitrogens with zero attached hydrogens (tertiary/aromatic N) is 3. The van der Waals surface area contributed by atoms with Gasteiger partial charge in [0.15, 0.2) is 5.16 Å². The van der Waals surface area contributed by atoms with E-state index < -0.39 is 0 Å². The normalized spacial score (nSPS) is 10.5. The zero-order valence-electron chi connectivity index (χ0n) is 14.7. The molecule has 1 amide bonds. The summed E-state index contributed by atoms with van der Waals surface area (Å²) >= 11 is 1.40. The van der Waals surface area contributed by atoms with Gasteiger partial charge in [-0.1, -0.05) is 36.9 Å². The van der Waals surface area contributed by atoms with E-state index >= 15 is 0 Å². The fraction of sp³-hybridized carbons (Fsp3) is 0.389. The summed E-state index contributed by atoms with van der Waals surface area (Å²) < 4.78 is 7.12. The standard InChI is InChI=1S/C18H24N4O2S/c1-4-12-22-16(5-2)20-21-18(22)25-13-17(23)19-11-10-14-6-8-15(24-3)9-7-14/h4,6-9H,1,5,10-13H2,2-3H3,(H,19,23). The summed E-state index contributed by atoms with van der Waals surface area (Å²) in [7, 11) is 1.65. The molecule has 2 aromatic rings. The van der Waals surface area contributed by atoms with Crippen molar-refractivity contribution < 1.29 is 9.53 Å². The number of hydrogen-bond acceptors (Lipinski definition) is 5. The lowest BCUT2D eigenvalue weighted by molar-refractivity contribution is -0.118. The molecule has 0 spiro atoms. The summed E-state index contributed by atoms with van der Waals surface area (Å²) in [6, 6.07) is 7.85. The van der Waals surface area contributed by atoms with Gasteiger partial charge < -0.3 is 14.6 Å². The number of nitrogens with one attached hydrogen (secondary N) is 1. The molecule has 0 bridgehead atoms. The molecule has 0 fully saturated rings. The van der Waals surface area contributed by atoms with E-state index in [0.29, 0.717) is 18.8 Å². The van der Waals surface area contributed by atoms with Crippen LogP contribution in [0.15, 0.2) is 42.1 Å². The third-order valence-electron chi connectivity index (χ3n) is 3.65. The predicted molar refractivity (Wildman–Crippen MR) is 100 cm³/mol. The van der Waals surface area contributed by atoms with Crippen molar-refractivity contribution in [2.24, 2.45) is 0 Å². The largest absolute Gasteiger partial charge is 0.497 e. The molecule has 0 radical (unpaired) electrons. The molecule has 1 aromatic carbocycles. The quantitative estimate of drug-likeness (QED) is 0.521. The zero-order valence-corrected chi connectivity index (χ0v) is 15.5. The molecule has 0 aliphatic carbocycles. The molecule has 6 nitrogen and oxygen atoms in total. The molecule has 1 N–H and O–H groups in total. The number of thioether (sulfide) groups is 1. The first-order valence-electron chi connectivity index (χ1n) is 8.23. The first-order chi connectivity index (χ1) is 12.2. The first-order valence-corrected chi connectivity index (χ1v) is 9.21. The van der Waals surface area contributed by atoms with Crippen LogP contribution in [0.3, 0.4) is 0 Å². The van der Waals surface area contributed by atoms with Gasteiger partial charge in [0.05, 0.1) is 12.9 Å². The molecule has 0 saturated carbocycles. The second kappa shape index (κ2) is 9.88. The van der Waals surface area contributed by atoms with Crippen molar-refractivity contribution in [2.45, 2.75) is 31.5 Å². The third kappa shape index (κ3) is 5.63. The maximum Gasteiger partial charge on any atom is 0.230 e. The molecular formula is C18H24N4O2S. The van der Waals surface area contributed by atoms with Crippen molar-refractivity contribution in [3.05, 3.63) is 48.3 Å². The van der Waals surface area contributed by atoms with E-state index in [2.05, 4.69) is 22.1 Å². The molecular weight excluding hydrogens is 336 g/mol. The average Bonchev–Trinajstić information content (AvgIpc) is 3.03. The van der Waals surface area contributed by atoms with Gasteiger partial charge in [0.25, 0.3) is 0 Å². The Hall–Kier alpha value is -2.28. The molecule has 0 saturated heterocycles. The predicted octanol–water partition coefficient (Wildman–Crippen LogP) is 2.49. The summed E-state index contributed by atoms with van der Waals surface area (Å²) in [5.74, 6) is 2.05. The highest BCUT2D eigenvalue weighted by Crippen LogP contribution is 2.17. The highest BCUT2D eigenvalue weighted by Gasteiger charge is 2.12. The number of aromatic nitrogens is 3. The molecule has 0 atom stereocenters. The van der Waals surface area contributed by atoms with Gasteiger partial charge in [0.1, 0.15) is 11.6 Å². The number of carbonyl (C=O) groups is 1. The van der Waals surface area contributed by atoms with Crippen LogP contribution in [0.2, 0.25) is 0 Å². The molecule has 7 heteroatoms. The van der Waals surface area contributed by atoms with E-state index in [9.17, 15) is 4.79 Å². The van der Waals surface area contributed by atoms with Crippen LogP contribution in [0.1, 0.15) is 18.3 Å². The molecule has 1 heterocycles. The smallest absolute Gasteiger partial charge is 0.230 e. The molecule has 1 aromatic heterocycles. The molecule has 134 valence electrons. The molecule has 0 aliphatic heterocycles. The van der Waals surface area contributed by atoms with Gasteiger partial charge in [-0.05, 0) is 24.1 Å². The third-order valence-corrected chi connectivity index (χ3v) is 4.62. The van der Waals surface area contributed by atoms with Crippen molar-refractivity contribution in [1.82, 2.24) is 20.1 Å². The van der Waals surface area contributed by atoms with E-state index in [0.717, 1.165) is 35.1 Å². The Morgan fingerprint density at radius 3 is 2.76 bits per heavy atom. The Morgan fingerprint density at radius 2 is 2.12 bits per heavy atom. The van der Waals surface area contributed by atoms with Crippen LogP contribution in [0.5, 0.6) is 5.75 Å². The van der Waals surface area contributed by atoms with Crippen molar-refractivity contribution in [2.75, 3.05) is 19.4 Å². The van der Waals surface area contributed by atoms with Gasteiger partial charge in [0, 0.05) is 19.5 Å². The number of methoxy groups -OCH3 is 1. The Bertz CT molecular complexity index is 698. The first kappa shape index (κ1) is 19.1. The highest BCUT2D eigenvalue weighted by molar-refractivity contribution is 7.99. The molecule has 25 heavy (non-hydrogen) atoms. The van der Waals surface area contributed by atoms with Crippen LogP contribution in [0, 0.1) is 0 Å². The number of ether oxygens (including phenoxy) is 1. The number of benzene rings is 1. The van der Waals surface area contributed by atoms with Gasteiger partial charge in [-0.25, -0.2) is 0 Å². The molecule has 0 unspecified atom stereocenters. The monoisotopic (exact) mass is 360 g/mol. The van der Waals surface area contributed by atoms with Gasteiger partial charge in [-0.2, -0.15) is 0 Å². The van der Waals surface area contributed by atoms with E-state index in [1.54, 1.807) is 7.11 Å². The maximum absolute atomic E-state index is 12.0. The van der Waals surface area contributed by atoms with Crippen LogP contribution in [-0.4, -0.2) is 40.1 Å². The van der Waals surface area contributed by atoms with Gasteiger partial charge in [-0.3, -0.25) is 4.79 Å². The zero-order chi connectivity index (χ0) is 18.1. The van der Waals surface area contributed by atoms with E-state index in [4.69, 9.17) is 4.74 Å². The van der Waals surface area contributed by atoms with Crippen molar-refractivity contribution >= 4 is 17.7 Å². The number of hydrogen-bond donors (Lipinski definition) is 1. The van der Waals surface area contributed by atoms with Crippen LogP contribution < -0.4 is 10.1 Å². The summed E-state index contributed by atoms with van der Waals surface area (Å²) in [6.07, 6.45) is 3.39. The highest BCUT2D eigenvalue weighted by atomic mass is 32.2. The summed E-state index contributed by atoms with van der Waals surface area (Å²) in [5.41, 5.74) is 1.16. The fourth-order valence-corrected chi connectivity index (χ4v) is 3.12. The van der Waals surface area contributed by atoms with Gasteiger partial charge in [0.2, 0.25) is 5.91 Å². The Labute approximate surface area is 152 Å². The second-order valence-electron chi connectivity index (χ2n) is 5.39. The lowest BCUT2D eigenvalue weighted by atomic mass is 10.1. The van der Waals surface area contributed by atoms with E-state index in [1.807, 2.05) is 41.8 Å². The van der Waals surface area contributed by atoms with E-state index in [-0.39, 0.29) is 5.91 Å². The topological polar surface area (TPSA) is 69.0 Å². The Balaban J connectivity index is 1.77. The number of allylic oxidation sites excluding steroid dienone is 1. The van der Waals surface area contributed by atoms with E-state index in [1.165, 1.54) is 11.8 Å². The fourth-order valence-electron chi connectivity index (χ4n) is 2.32. The minimum absolute atomic E-state index is 0.00952. The van der Waals surface area contributed by atoms with Crippen molar-refractivity contribution in [3.63, 3.8) is 0 Å². The Kier molecular flexibility index (Phi) is 7.53. The van der Waals surface area contributed by atoms with Gasteiger partial charge in [-0.15, -0.1) is 16.8 Å². The van der Waals surface area contributed by atoms with Gasteiger partial charge >= 0.3 is 0 Å². The lowest BCUT2D eigenvalue weighted by Gasteiger charge is -2.07. The van der Waals surface area contributed by atoms with Crippen LogP contribution in [0.25, 0.3) is 0 Å². The number of carbonyl (C=O) groups excluding carboxylic acids is 1. The van der Waals surface area contributed by atoms with Crippen molar-refractivity contribution in [1.29, 1.82) is 0 Å². The number of amides is 1. The Morgan fingerprint density at radius 1 is 1.36 bits per heavy atom. The number of rotatable bonds is 10. The summed E-state index contributed by atoms with van der Waals surface area (Å²) in [4.78, 5) is 12.0. The molecule has 2 rings (SSSR count). The minimum Gasteiger partial charge on any atom is -0.497 e. The average molecular weight is 360 g/mol. The minimum atomic E-state index is -0.00952. The lowest BCUT2D eigenvalue weighted by Crippen LogP contribution is -2.27. The molecule has 0 aliphatic rings. The van der Waals surface area contributed by atoms with Crippen LogP contribution in [0.4, 0.5) is 0 Å². The SMILES string of the molecule is C=CCn1c(CC)nnc1SCC(=O)NCCc1ccc(OC)cc1. The maximum atomic E-state index is 12.0. The second-order valence-corrected chi connectivity index (χ2v) is 6.33. The van der Waals surface area contributed by atoms with Crippen LogP contribution >= 0.6 is 11.8 Å². The summed E-state index contributed by atoms with van der Waals surface area (Å²) in [6.45, 7) is 7.04. The summed E-state index contributed by atoms with van der Waals surface area (Å²) in [5, 5.41) is 12.0.